The van der Waals surface area contributed by atoms with Crippen molar-refractivity contribution >= 4 is 11.8 Å². The van der Waals surface area contributed by atoms with Crippen molar-refractivity contribution in [3.63, 3.8) is 0 Å². The first-order valence-corrected chi connectivity index (χ1v) is 17.6. The molecule has 0 aliphatic heterocycles. The molecule has 45 heavy (non-hydrogen) atoms. The Balaban J connectivity index is 1.70. The molecule has 0 saturated heterocycles. The van der Waals surface area contributed by atoms with Crippen LogP contribution in [-0.4, -0.2) is 0 Å². The first-order valence-electron chi connectivity index (χ1n) is 17.6. The summed E-state index contributed by atoms with van der Waals surface area (Å²) >= 11 is 0. The highest BCUT2D eigenvalue weighted by Crippen LogP contribution is 2.39. The molecule has 4 aromatic carbocycles. The molecule has 236 valence electrons. The van der Waals surface area contributed by atoms with Gasteiger partial charge in [-0.05, 0) is 120 Å². The highest BCUT2D eigenvalue weighted by atomic mass is 15.1. The van der Waals surface area contributed by atoms with Crippen LogP contribution in [0.15, 0.2) is 101 Å². The molecule has 0 heterocycles. The van der Waals surface area contributed by atoms with Gasteiger partial charge in [0.15, 0.2) is 0 Å². The predicted molar refractivity (Wildman–Crippen MR) is 196 cm³/mol. The Morgan fingerprint density at radius 1 is 0.600 bits per heavy atom. The maximum Gasteiger partial charge on any atom is 0.0866 e. The maximum atomic E-state index is 4.81. The zero-order chi connectivity index (χ0) is 31.9. The fourth-order valence-corrected chi connectivity index (χ4v) is 6.36. The minimum Gasteiger partial charge on any atom is -0.155 e. The molecule has 2 nitrogen and oxygen atoms in total. The SMILES string of the molecule is CCCCCCc1cc(C=C(C)N=Nc2cc(CC)c(-c3ccccc3)c(-c3ccccc3)c2)cc(CCCC)c1CCCC. The number of hydrogen-bond donors (Lipinski definition) is 0. The van der Waals surface area contributed by atoms with Gasteiger partial charge in [-0.3, -0.25) is 0 Å². The Morgan fingerprint density at radius 2 is 1.20 bits per heavy atom. The molecule has 0 radical (unpaired) electrons. The van der Waals surface area contributed by atoms with Crippen molar-refractivity contribution in [1.82, 2.24) is 0 Å². The van der Waals surface area contributed by atoms with Gasteiger partial charge in [-0.15, -0.1) is 0 Å². The molecule has 0 saturated carbocycles. The molecule has 0 aromatic heterocycles. The van der Waals surface area contributed by atoms with E-state index >= 15 is 0 Å². The Bertz CT molecular complexity index is 1530. The second kappa shape index (κ2) is 18.3. The van der Waals surface area contributed by atoms with Crippen molar-refractivity contribution < 1.29 is 0 Å². The summed E-state index contributed by atoms with van der Waals surface area (Å²) < 4.78 is 0. The average molecular weight is 599 g/mol. The number of aryl methyl sites for hydroxylation is 3. The summed E-state index contributed by atoms with van der Waals surface area (Å²) in [7, 11) is 0. The lowest BCUT2D eigenvalue weighted by atomic mass is 9.88. The topological polar surface area (TPSA) is 24.7 Å². The molecule has 0 atom stereocenters. The van der Waals surface area contributed by atoms with E-state index in [-0.39, 0.29) is 0 Å². The van der Waals surface area contributed by atoms with Gasteiger partial charge in [0.1, 0.15) is 0 Å². The van der Waals surface area contributed by atoms with E-state index in [2.05, 4.69) is 126 Å². The van der Waals surface area contributed by atoms with Crippen molar-refractivity contribution in [1.29, 1.82) is 0 Å². The summed E-state index contributed by atoms with van der Waals surface area (Å²) in [6.45, 7) is 11.2. The third-order valence-electron chi connectivity index (χ3n) is 8.77. The zero-order valence-corrected chi connectivity index (χ0v) is 28.5. The molecule has 0 spiro atoms. The van der Waals surface area contributed by atoms with Crippen molar-refractivity contribution in [2.24, 2.45) is 10.2 Å². The summed E-state index contributed by atoms with van der Waals surface area (Å²) in [5.74, 6) is 0. The predicted octanol–water partition coefficient (Wildman–Crippen LogP) is 13.5. The number of nitrogens with zero attached hydrogens (tertiary/aromatic N) is 2. The van der Waals surface area contributed by atoms with Crippen LogP contribution < -0.4 is 0 Å². The summed E-state index contributed by atoms with van der Waals surface area (Å²) in [6.07, 6.45) is 16.8. The van der Waals surface area contributed by atoms with E-state index in [9.17, 15) is 0 Å². The third kappa shape index (κ3) is 9.85. The van der Waals surface area contributed by atoms with Crippen molar-refractivity contribution in [3.8, 4) is 22.3 Å². The van der Waals surface area contributed by atoms with E-state index in [0.717, 1.165) is 24.2 Å². The van der Waals surface area contributed by atoms with E-state index < -0.39 is 0 Å². The Hall–Kier alpha value is -3.78. The van der Waals surface area contributed by atoms with Gasteiger partial charge in [-0.25, -0.2) is 0 Å². The zero-order valence-electron chi connectivity index (χ0n) is 28.5. The van der Waals surface area contributed by atoms with E-state index in [1.807, 2.05) is 0 Å². The molecule has 0 aliphatic carbocycles. The van der Waals surface area contributed by atoms with Crippen LogP contribution in [-0.2, 0) is 25.7 Å². The number of unbranched alkanes of at least 4 members (excludes halogenated alkanes) is 5. The summed E-state index contributed by atoms with van der Waals surface area (Å²) in [6, 6.07) is 30.7. The highest BCUT2D eigenvalue weighted by molar-refractivity contribution is 5.87. The smallest absolute Gasteiger partial charge is 0.0866 e. The lowest BCUT2D eigenvalue weighted by Gasteiger charge is -2.17. The van der Waals surface area contributed by atoms with Crippen LogP contribution in [0.4, 0.5) is 5.69 Å². The molecule has 0 N–H and O–H groups in total. The molecule has 4 aromatic rings. The molecule has 0 bridgehead atoms. The van der Waals surface area contributed by atoms with Gasteiger partial charge >= 0.3 is 0 Å². The van der Waals surface area contributed by atoms with Gasteiger partial charge in [0.2, 0.25) is 0 Å². The van der Waals surface area contributed by atoms with Crippen molar-refractivity contribution in [2.75, 3.05) is 0 Å². The van der Waals surface area contributed by atoms with Crippen LogP contribution >= 0.6 is 0 Å². The average Bonchev–Trinajstić information content (AvgIpc) is 3.08. The molecule has 0 unspecified atom stereocenters. The quantitative estimate of drug-likeness (QED) is 0.0853. The van der Waals surface area contributed by atoms with Crippen molar-refractivity contribution in [3.05, 3.63) is 118 Å². The first-order chi connectivity index (χ1) is 22.1. The monoisotopic (exact) mass is 598 g/mol. The number of benzene rings is 4. The van der Waals surface area contributed by atoms with Crippen LogP contribution in [0.5, 0.6) is 0 Å². The maximum absolute atomic E-state index is 4.81. The standard InChI is InChI=1S/C43H54N2/c1-6-10-13-16-26-39-30-34(29-38(21-11-7-2)41(39)27-12-8-3)28-33(5)44-45-40-31-35(9-4)43(37-24-19-15-20-25-37)42(32-40)36-22-17-14-18-23-36/h14-15,17-20,22-25,28-32H,6-13,16,21,26-27H2,1-5H3. The molecule has 2 heteroatoms. The number of rotatable bonds is 17. The van der Waals surface area contributed by atoms with Crippen molar-refractivity contribution in [2.45, 2.75) is 112 Å². The Labute approximate surface area is 273 Å². The van der Waals surface area contributed by atoms with Gasteiger partial charge in [-0.1, -0.05) is 133 Å². The minimum atomic E-state index is 0.897. The van der Waals surface area contributed by atoms with E-state index in [1.54, 1.807) is 16.7 Å². The largest absolute Gasteiger partial charge is 0.155 e. The lowest BCUT2D eigenvalue weighted by molar-refractivity contribution is 0.660. The normalized spacial score (nSPS) is 11.9. The van der Waals surface area contributed by atoms with Gasteiger partial charge < -0.3 is 0 Å². The van der Waals surface area contributed by atoms with Crippen LogP contribution in [0.2, 0.25) is 0 Å². The number of azo groups is 1. The summed E-state index contributed by atoms with van der Waals surface area (Å²) in [5, 5.41) is 9.58. The fraction of sp³-hybridized carbons (Fsp3) is 0.395. The van der Waals surface area contributed by atoms with Crippen LogP contribution in [0, 0.1) is 0 Å². The van der Waals surface area contributed by atoms with Gasteiger partial charge in [0, 0.05) is 0 Å². The van der Waals surface area contributed by atoms with Gasteiger partial charge in [-0.2, -0.15) is 10.2 Å². The fourth-order valence-electron chi connectivity index (χ4n) is 6.36. The second-order valence-corrected chi connectivity index (χ2v) is 12.4. The highest BCUT2D eigenvalue weighted by Gasteiger charge is 2.14. The van der Waals surface area contributed by atoms with Gasteiger partial charge in [0.25, 0.3) is 0 Å². The van der Waals surface area contributed by atoms with Gasteiger partial charge in [0.05, 0.1) is 11.4 Å². The molecule has 0 aliphatic rings. The lowest BCUT2D eigenvalue weighted by Crippen LogP contribution is -2.03. The van der Waals surface area contributed by atoms with Crippen LogP contribution in [0.25, 0.3) is 28.3 Å². The first kappa shape index (κ1) is 34.1. The minimum absolute atomic E-state index is 0.897. The molecule has 4 rings (SSSR count). The van der Waals surface area contributed by atoms with E-state index in [1.165, 1.54) is 97.6 Å². The molecule has 0 amide bonds. The Morgan fingerprint density at radius 3 is 1.82 bits per heavy atom. The van der Waals surface area contributed by atoms with Crippen LogP contribution in [0.3, 0.4) is 0 Å². The third-order valence-corrected chi connectivity index (χ3v) is 8.77. The summed E-state index contributed by atoms with van der Waals surface area (Å²) in [4.78, 5) is 0. The summed E-state index contributed by atoms with van der Waals surface area (Å²) in [5.41, 5.74) is 14.0. The second-order valence-electron chi connectivity index (χ2n) is 12.4. The molecule has 0 fully saturated rings. The van der Waals surface area contributed by atoms with Crippen LogP contribution in [0.1, 0.15) is 114 Å². The van der Waals surface area contributed by atoms with E-state index in [0.29, 0.717) is 0 Å². The van der Waals surface area contributed by atoms with E-state index in [4.69, 9.17) is 10.2 Å². The number of hydrogen-bond acceptors (Lipinski definition) is 2. The number of allylic oxidation sites excluding steroid dienone is 1. The molecular formula is C43H54N2. The Kier molecular flexibility index (Phi) is 13.8. The molecular weight excluding hydrogens is 544 g/mol.